The Kier molecular flexibility index (Phi) is 3.34. The van der Waals surface area contributed by atoms with E-state index in [2.05, 4.69) is 19.9 Å². The summed E-state index contributed by atoms with van der Waals surface area (Å²) in [4.78, 5) is 19.0. The average Bonchev–Trinajstić information content (AvgIpc) is 2.78. The van der Waals surface area contributed by atoms with Crippen molar-refractivity contribution in [2.45, 2.75) is 6.42 Å². The minimum absolute atomic E-state index is 0.0754. The number of hydrogen-bond donors (Lipinski definition) is 0. The van der Waals surface area contributed by atoms with Gasteiger partial charge in [-0.2, -0.15) is 4.98 Å². The van der Waals surface area contributed by atoms with Crippen LogP contribution < -0.4 is 0 Å². The Morgan fingerprint density at radius 2 is 2.41 bits per heavy atom. The minimum Gasteiger partial charge on any atom is -0.469 e. The number of methoxy groups -OCH3 is 1. The van der Waals surface area contributed by atoms with Gasteiger partial charge in [0, 0.05) is 6.20 Å². The fourth-order valence-corrected chi connectivity index (χ4v) is 1.37. The Hall–Kier alpha value is -1.95. The van der Waals surface area contributed by atoms with Crippen LogP contribution in [-0.4, -0.2) is 28.2 Å². The van der Waals surface area contributed by atoms with Crippen molar-refractivity contribution < 1.29 is 14.1 Å². The highest BCUT2D eigenvalue weighted by Gasteiger charge is 2.15. The molecule has 88 valence electrons. The highest BCUT2D eigenvalue weighted by molar-refractivity contribution is 6.32. The SMILES string of the molecule is COC(=O)Cc1nc(-c2ncccc2Cl)no1. The predicted octanol–water partition coefficient (Wildman–Crippen LogP) is 1.50. The summed E-state index contributed by atoms with van der Waals surface area (Å²) < 4.78 is 9.37. The molecule has 17 heavy (non-hydrogen) atoms. The van der Waals surface area contributed by atoms with Gasteiger partial charge in [0.25, 0.3) is 0 Å². The van der Waals surface area contributed by atoms with Crippen molar-refractivity contribution in [1.82, 2.24) is 15.1 Å². The van der Waals surface area contributed by atoms with E-state index in [-0.39, 0.29) is 18.1 Å². The fraction of sp³-hybridized carbons (Fsp3) is 0.200. The molecule has 0 fully saturated rings. The van der Waals surface area contributed by atoms with Gasteiger partial charge in [-0.1, -0.05) is 16.8 Å². The van der Waals surface area contributed by atoms with Gasteiger partial charge in [-0.15, -0.1) is 0 Å². The number of rotatable bonds is 3. The van der Waals surface area contributed by atoms with E-state index in [0.717, 1.165) is 0 Å². The molecule has 0 aliphatic rings. The lowest BCUT2D eigenvalue weighted by Gasteiger charge is -1.95. The number of aromatic nitrogens is 3. The zero-order valence-corrected chi connectivity index (χ0v) is 9.64. The molecule has 0 unspecified atom stereocenters. The van der Waals surface area contributed by atoms with E-state index >= 15 is 0 Å². The van der Waals surface area contributed by atoms with E-state index in [1.807, 2.05) is 0 Å². The first kappa shape index (κ1) is 11.5. The summed E-state index contributed by atoms with van der Waals surface area (Å²) in [5.74, 6) is -0.0459. The van der Waals surface area contributed by atoms with Crippen molar-refractivity contribution in [2.75, 3.05) is 7.11 Å². The quantitative estimate of drug-likeness (QED) is 0.772. The molecule has 0 aromatic carbocycles. The zero-order chi connectivity index (χ0) is 12.3. The number of carbonyl (C=O) groups is 1. The summed E-state index contributed by atoms with van der Waals surface area (Å²) in [5, 5.41) is 4.11. The second-order valence-electron chi connectivity index (χ2n) is 3.10. The van der Waals surface area contributed by atoms with Crippen LogP contribution in [0.3, 0.4) is 0 Å². The number of ether oxygens (including phenoxy) is 1. The molecule has 0 amide bonds. The number of nitrogens with zero attached hydrogens (tertiary/aromatic N) is 3. The topological polar surface area (TPSA) is 78.1 Å². The summed E-state index contributed by atoms with van der Waals surface area (Å²) in [7, 11) is 1.29. The standard InChI is InChI=1S/C10H8ClN3O3/c1-16-8(15)5-7-13-10(14-17-7)9-6(11)3-2-4-12-9/h2-4H,5H2,1H3. The van der Waals surface area contributed by atoms with Crippen LogP contribution >= 0.6 is 11.6 Å². The molecule has 0 N–H and O–H groups in total. The molecule has 6 nitrogen and oxygen atoms in total. The average molecular weight is 254 g/mol. The lowest BCUT2D eigenvalue weighted by Crippen LogP contribution is -2.04. The monoisotopic (exact) mass is 253 g/mol. The molecule has 0 spiro atoms. The first-order valence-corrected chi connectivity index (χ1v) is 5.09. The Labute approximate surface area is 102 Å². The van der Waals surface area contributed by atoms with Gasteiger partial charge in [-0.05, 0) is 12.1 Å². The van der Waals surface area contributed by atoms with Gasteiger partial charge in [-0.25, -0.2) is 0 Å². The maximum absolute atomic E-state index is 11.0. The molecule has 2 rings (SSSR count). The Morgan fingerprint density at radius 3 is 3.12 bits per heavy atom. The second-order valence-corrected chi connectivity index (χ2v) is 3.51. The molecule has 2 heterocycles. The van der Waals surface area contributed by atoms with Crippen molar-refractivity contribution in [1.29, 1.82) is 0 Å². The van der Waals surface area contributed by atoms with Gasteiger partial charge in [0.15, 0.2) is 0 Å². The third-order valence-electron chi connectivity index (χ3n) is 1.96. The lowest BCUT2D eigenvalue weighted by molar-refractivity contribution is -0.140. The normalized spacial score (nSPS) is 10.2. The van der Waals surface area contributed by atoms with Crippen LogP contribution in [0.4, 0.5) is 0 Å². The molecule has 0 saturated carbocycles. The largest absolute Gasteiger partial charge is 0.469 e. The smallest absolute Gasteiger partial charge is 0.315 e. The number of hydrogen-bond acceptors (Lipinski definition) is 6. The Balaban J connectivity index is 2.24. The van der Waals surface area contributed by atoms with Crippen LogP contribution in [0.5, 0.6) is 0 Å². The van der Waals surface area contributed by atoms with Crippen molar-refractivity contribution in [3.05, 3.63) is 29.2 Å². The maximum atomic E-state index is 11.0. The minimum atomic E-state index is -0.452. The third kappa shape index (κ3) is 2.59. The lowest BCUT2D eigenvalue weighted by atomic mass is 10.3. The third-order valence-corrected chi connectivity index (χ3v) is 2.27. The van der Waals surface area contributed by atoms with Crippen LogP contribution in [0.2, 0.25) is 5.02 Å². The second kappa shape index (κ2) is 4.92. The van der Waals surface area contributed by atoms with E-state index in [9.17, 15) is 4.79 Å². The predicted molar refractivity (Wildman–Crippen MR) is 58.3 cm³/mol. The van der Waals surface area contributed by atoms with Crippen molar-refractivity contribution >= 4 is 17.6 Å². The molecule has 0 saturated heterocycles. The van der Waals surface area contributed by atoms with Crippen molar-refractivity contribution in [3.8, 4) is 11.5 Å². The van der Waals surface area contributed by atoms with E-state index in [4.69, 9.17) is 16.1 Å². The van der Waals surface area contributed by atoms with Gasteiger partial charge in [-0.3, -0.25) is 9.78 Å². The highest BCUT2D eigenvalue weighted by Crippen LogP contribution is 2.22. The first-order valence-electron chi connectivity index (χ1n) is 4.71. The van der Waals surface area contributed by atoms with Gasteiger partial charge in [0.2, 0.25) is 11.7 Å². The summed E-state index contributed by atoms with van der Waals surface area (Å²) in [6.07, 6.45) is 1.49. The van der Waals surface area contributed by atoms with Gasteiger partial charge in [0.1, 0.15) is 12.1 Å². The summed E-state index contributed by atoms with van der Waals surface area (Å²) in [6, 6.07) is 3.36. The molecule has 2 aromatic rings. The zero-order valence-electron chi connectivity index (χ0n) is 8.88. The fourth-order valence-electron chi connectivity index (χ4n) is 1.17. The van der Waals surface area contributed by atoms with Crippen molar-refractivity contribution in [2.24, 2.45) is 0 Å². The van der Waals surface area contributed by atoms with Crippen LogP contribution in [0, 0.1) is 0 Å². The Morgan fingerprint density at radius 1 is 1.59 bits per heavy atom. The van der Waals surface area contributed by atoms with Crippen molar-refractivity contribution in [3.63, 3.8) is 0 Å². The molecular formula is C10H8ClN3O3. The molecule has 0 atom stereocenters. The molecule has 0 aliphatic carbocycles. The summed E-state index contributed by atoms with van der Waals surface area (Å²) >= 11 is 5.93. The van der Waals surface area contributed by atoms with Crippen LogP contribution in [-0.2, 0) is 16.0 Å². The van der Waals surface area contributed by atoms with Gasteiger partial charge < -0.3 is 9.26 Å². The van der Waals surface area contributed by atoms with Crippen LogP contribution in [0.25, 0.3) is 11.5 Å². The first-order chi connectivity index (χ1) is 8.20. The Bertz CT molecular complexity index is 541. The summed E-state index contributed by atoms with van der Waals surface area (Å²) in [6.45, 7) is 0. The number of halogens is 1. The summed E-state index contributed by atoms with van der Waals surface area (Å²) in [5.41, 5.74) is 0.411. The van der Waals surface area contributed by atoms with Gasteiger partial charge in [0.05, 0.1) is 12.1 Å². The van der Waals surface area contributed by atoms with E-state index in [1.165, 1.54) is 7.11 Å². The molecule has 0 aliphatic heterocycles. The number of esters is 1. The maximum Gasteiger partial charge on any atom is 0.315 e. The molecule has 0 bridgehead atoms. The highest BCUT2D eigenvalue weighted by atomic mass is 35.5. The molecule has 2 aromatic heterocycles. The molecule has 7 heteroatoms. The van der Waals surface area contributed by atoms with Crippen LogP contribution in [0.15, 0.2) is 22.9 Å². The van der Waals surface area contributed by atoms with Gasteiger partial charge >= 0.3 is 5.97 Å². The number of carbonyl (C=O) groups excluding carboxylic acids is 1. The van der Waals surface area contributed by atoms with Crippen LogP contribution in [0.1, 0.15) is 5.89 Å². The van der Waals surface area contributed by atoms with E-state index in [0.29, 0.717) is 10.7 Å². The number of pyridine rings is 1. The molecular weight excluding hydrogens is 246 g/mol. The van der Waals surface area contributed by atoms with E-state index in [1.54, 1.807) is 18.3 Å². The van der Waals surface area contributed by atoms with E-state index < -0.39 is 5.97 Å². The molecule has 0 radical (unpaired) electrons.